The molecule has 4 rings (SSSR count). The van der Waals surface area contributed by atoms with Crippen LogP contribution in [0.25, 0.3) is 0 Å². The summed E-state index contributed by atoms with van der Waals surface area (Å²) in [6.07, 6.45) is 2.10. The van der Waals surface area contributed by atoms with E-state index in [4.69, 9.17) is 4.99 Å². The summed E-state index contributed by atoms with van der Waals surface area (Å²) in [7, 11) is 1.72. The molecule has 108 valence electrons. The number of anilines is 1. The Morgan fingerprint density at radius 2 is 1.90 bits per heavy atom. The molecule has 1 aromatic heterocycles. The van der Waals surface area contributed by atoms with E-state index in [9.17, 15) is 0 Å². The molecular weight excluding hydrogens is 284 g/mol. The number of aliphatic imine (C=N–C) groups is 2. The van der Waals surface area contributed by atoms with Gasteiger partial charge in [-0.1, -0.05) is 4.98 Å². The third-order valence-corrected chi connectivity index (χ3v) is 5.97. The summed E-state index contributed by atoms with van der Waals surface area (Å²) in [5.74, 6) is 1.74. The topological polar surface area (TPSA) is 48.0 Å². The van der Waals surface area contributed by atoms with Gasteiger partial charge in [0.2, 0.25) is 5.96 Å². The number of allylic oxidation sites excluding steroid dienone is 2. The van der Waals surface area contributed by atoms with Crippen molar-refractivity contribution >= 4 is 33.6 Å². The summed E-state index contributed by atoms with van der Waals surface area (Å²) >= 11 is 0. The minimum atomic E-state index is -0.303. The second kappa shape index (κ2) is 4.00. The summed E-state index contributed by atoms with van der Waals surface area (Å²) in [6.45, 7) is 8.26. The predicted molar refractivity (Wildman–Crippen MR) is 86.4 cm³/mol. The van der Waals surface area contributed by atoms with Crippen LogP contribution in [0.5, 0.6) is 0 Å². The second-order valence-electron chi connectivity index (χ2n) is 5.48. The highest BCUT2D eigenvalue weighted by molar-refractivity contribution is 8.09. The zero-order chi connectivity index (χ0) is 14.9. The van der Waals surface area contributed by atoms with Crippen LogP contribution in [0.2, 0.25) is 0 Å². The molecule has 0 spiro atoms. The number of guanidine groups is 1. The summed E-state index contributed by atoms with van der Waals surface area (Å²) in [4.78, 5) is 16.1. The van der Waals surface area contributed by atoms with Crippen molar-refractivity contribution in [3.05, 3.63) is 29.2 Å². The first kappa shape index (κ1) is 12.7. The molecule has 0 saturated carbocycles. The molecular formula is C14H17N6S+. The van der Waals surface area contributed by atoms with Crippen molar-refractivity contribution in [2.75, 3.05) is 11.9 Å². The van der Waals surface area contributed by atoms with Gasteiger partial charge in [-0.15, -0.1) is 0 Å². The van der Waals surface area contributed by atoms with E-state index in [2.05, 4.69) is 49.1 Å². The Labute approximate surface area is 126 Å². The maximum atomic E-state index is 4.75. The van der Waals surface area contributed by atoms with Crippen molar-refractivity contribution in [3.63, 3.8) is 0 Å². The first-order chi connectivity index (χ1) is 9.97. The van der Waals surface area contributed by atoms with Crippen LogP contribution in [0, 0.1) is 13.8 Å². The molecule has 1 unspecified atom stereocenters. The SMILES string of the molecule is CC1=CC(C)=NC2=NC3=S(N12)[n+]1c(C)cc(C)nc1N3C. The fourth-order valence-corrected chi connectivity index (χ4v) is 5.06. The Kier molecular flexibility index (Phi) is 2.42. The van der Waals surface area contributed by atoms with Gasteiger partial charge in [0.25, 0.3) is 5.11 Å². The average Bonchev–Trinajstić information content (AvgIpc) is 2.86. The monoisotopic (exact) mass is 301 g/mol. The number of aromatic nitrogens is 2. The smallest absolute Gasteiger partial charge is 0.229 e. The van der Waals surface area contributed by atoms with Gasteiger partial charge in [0.05, 0.1) is 12.7 Å². The minimum Gasteiger partial charge on any atom is -0.229 e. The fraction of sp³-hybridized carbons (Fsp3) is 0.357. The van der Waals surface area contributed by atoms with E-state index in [-0.39, 0.29) is 10.9 Å². The Morgan fingerprint density at radius 3 is 2.67 bits per heavy atom. The van der Waals surface area contributed by atoms with Gasteiger partial charge in [0.15, 0.2) is 0 Å². The van der Waals surface area contributed by atoms with Gasteiger partial charge in [-0.05, 0) is 33.8 Å². The van der Waals surface area contributed by atoms with E-state index >= 15 is 0 Å². The number of rotatable bonds is 0. The van der Waals surface area contributed by atoms with E-state index in [0.717, 1.165) is 28.4 Å². The van der Waals surface area contributed by atoms with Crippen LogP contribution in [-0.2, 0) is 0 Å². The van der Waals surface area contributed by atoms with Crippen molar-refractivity contribution < 1.29 is 3.97 Å². The number of nitrogens with zero attached hydrogens (tertiary/aromatic N) is 6. The normalized spacial score (nSPS) is 22.6. The Bertz CT molecular complexity index is 817. The second-order valence-corrected chi connectivity index (χ2v) is 7.11. The molecule has 21 heavy (non-hydrogen) atoms. The van der Waals surface area contributed by atoms with Crippen LogP contribution in [0.1, 0.15) is 25.2 Å². The van der Waals surface area contributed by atoms with Crippen LogP contribution in [-0.4, -0.2) is 33.1 Å². The average molecular weight is 301 g/mol. The molecule has 6 nitrogen and oxygen atoms in total. The highest BCUT2D eigenvalue weighted by Crippen LogP contribution is 2.38. The molecule has 0 radical (unpaired) electrons. The molecule has 3 aliphatic rings. The van der Waals surface area contributed by atoms with Gasteiger partial charge in [-0.25, -0.2) is 14.2 Å². The lowest BCUT2D eigenvalue weighted by molar-refractivity contribution is -0.493. The predicted octanol–water partition coefficient (Wildman–Crippen LogP) is 1.52. The minimum absolute atomic E-state index is 0.303. The number of aryl methyl sites for hydroxylation is 2. The molecule has 3 aliphatic heterocycles. The molecule has 0 aliphatic carbocycles. The van der Waals surface area contributed by atoms with Crippen molar-refractivity contribution in [1.29, 1.82) is 0 Å². The highest BCUT2D eigenvalue weighted by Gasteiger charge is 2.45. The molecule has 7 heteroatoms. The largest absolute Gasteiger partial charge is 0.413 e. The van der Waals surface area contributed by atoms with Crippen LogP contribution in [0.3, 0.4) is 0 Å². The lowest BCUT2D eigenvalue weighted by atomic mass is 10.3. The van der Waals surface area contributed by atoms with Gasteiger partial charge in [0, 0.05) is 17.5 Å². The maximum absolute atomic E-state index is 4.75. The first-order valence-electron chi connectivity index (χ1n) is 6.85. The molecule has 0 aromatic carbocycles. The van der Waals surface area contributed by atoms with E-state index in [0.29, 0.717) is 0 Å². The first-order valence-corrected chi connectivity index (χ1v) is 7.99. The molecule has 0 amide bonds. The highest BCUT2D eigenvalue weighted by atomic mass is 32.2. The molecule has 0 bridgehead atoms. The fourth-order valence-electron chi connectivity index (χ4n) is 2.87. The van der Waals surface area contributed by atoms with E-state index in [1.807, 2.05) is 20.9 Å². The van der Waals surface area contributed by atoms with Crippen LogP contribution in [0.4, 0.5) is 5.95 Å². The van der Waals surface area contributed by atoms with Crippen molar-refractivity contribution in [2.24, 2.45) is 9.98 Å². The van der Waals surface area contributed by atoms with E-state index < -0.39 is 0 Å². The number of hydrogen-bond donors (Lipinski definition) is 0. The Balaban J connectivity index is 1.95. The van der Waals surface area contributed by atoms with Crippen LogP contribution in [0.15, 0.2) is 27.8 Å². The Morgan fingerprint density at radius 1 is 1.14 bits per heavy atom. The summed E-state index contributed by atoms with van der Waals surface area (Å²) in [5.41, 5.74) is 4.39. The molecule has 1 atom stereocenters. The van der Waals surface area contributed by atoms with Gasteiger partial charge in [-0.3, -0.25) is 0 Å². The van der Waals surface area contributed by atoms with Gasteiger partial charge in [0.1, 0.15) is 16.6 Å². The third kappa shape index (κ3) is 1.58. The molecule has 0 N–H and O–H groups in total. The molecule has 0 saturated heterocycles. The zero-order valence-electron chi connectivity index (χ0n) is 12.7. The number of fused-ring (bicyclic) bond motifs is 4. The van der Waals surface area contributed by atoms with E-state index in [1.54, 1.807) is 0 Å². The quantitative estimate of drug-likeness (QED) is 0.539. The molecule has 4 heterocycles. The van der Waals surface area contributed by atoms with Gasteiger partial charge in [-0.2, -0.15) is 8.96 Å². The lowest BCUT2D eigenvalue weighted by Gasteiger charge is -2.24. The van der Waals surface area contributed by atoms with Crippen molar-refractivity contribution in [3.8, 4) is 0 Å². The van der Waals surface area contributed by atoms with Crippen molar-refractivity contribution in [2.45, 2.75) is 27.7 Å². The zero-order valence-corrected chi connectivity index (χ0v) is 13.6. The summed E-state index contributed by atoms with van der Waals surface area (Å²) in [5, 5.41) is 1.01. The third-order valence-electron chi connectivity index (χ3n) is 3.68. The standard InChI is InChI=1S/C14H17N6S/c1-8-6-10(3)19-12(15-8)17-14-18(5)13-16-9(2)7-11(4)20(13)21(14)19/h6-7H,1-5H3/q+1. The summed E-state index contributed by atoms with van der Waals surface area (Å²) in [6, 6.07) is 2.11. The molecule has 0 fully saturated rings. The van der Waals surface area contributed by atoms with Crippen LogP contribution < -0.4 is 8.87 Å². The van der Waals surface area contributed by atoms with Gasteiger partial charge < -0.3 is 0 Å². The Hall–Kier alpha value is -2.02. The summed E-state index contributed by atoms with van der Waals surface area (Å²) < 4.78 is 4.46. The molecule has 1 aromatic rings. The van der Waals surface area contributed by atoms with E-state index in [1.165, 1.54) is 11.4 Å². The van der Waals surface area contributed by atoms with Crippen molar-refractivity contribution in [1.82, 2.24) is 9.29 Å². The van der Waals surface area contributed by atoms with Gasteiger partial charge >= 0.3 is 5.95 Å². The lowest BCUT2D eigenvalue weighted by Crippen LogP contribution is -2.41. The number of hydrogen-bond acceptors (Lipinski definition) is 5. The van der Waals surface area contributed by atoms with Crippen LogP contribution >= 0.6 is 10.9 Å². The maximum Gasteiger partial charge on any atom is 0.413 e.